The molecule has 2 fully saturated rings. The van der Waals surface area contributed by atoms with Gasteiger partial charge in [0.15, 0.2) is 0 Å². The molecule has 3 nitrogen and oxygen atoms in total. The van der Waals surface area contributed by atoms with Gasteiger partial charge in [-0.3, -0.25) is 9.59 Å². The third-order valence-electron chi connectivity index (χ3n) is 5.08. The molecule has 21 heavy (non-hydrogen) atoms. The summed E-state index contributed by atoms with van der Waals surface area (Å²) in [5, 5.41) is 10.1. The van der Waals surface area contributed by atoms with Crippen molar-refractivity contribution in [1.29, 1.82) is 0 Å². The van der Waals surface area contributed by atoms with Crippen LogP contribution in [-0.2, 0) is 16.0 Å². The molecule has 112 valence electrons. The van der Waals surface area contributed by atoms with E-state index in [0.717, 1.165) is 12.8 Å². The van der Waals surface area contributed by atoms with Crippen molar-refractivity contribution in [2.45, 2.75) is 44.6 Å². The van der Waals surface area contributed by atoms with Crippen LogP contribution in [0.4, 0.5) is 0 Å². The van der Waals surface area contributed by atoms with Gasteiger partial charge in [0.25, 0.3) is 0 Å². The number of aliphatic hydroxyl groups is 1. The highest BCUT2D eigenvalue weighted by molar-refractivity contribution is 5.86. The minimum atomic E-state index is -0.530. The summed E-state index contributed by atoms with van der Waals surface area (Å²) in [6.45, 7) is 0. The Kier molecular flexibility index (Phi) is 4.20. The Balaban J connectivity index is 1.54. The predicted molar refractivity (Wildman–Crippen MR) is 79.7 cm³/mol. The lowest BCUT2D eigenvalue weighted by atomic mass is 9.86. The van der Waals surface area contributed by atoms with Crippen LogP contribution in [-0.4, -0.2) is 22.8 Å². The second-order valence-electron chi connectivity index (χ2n) is 6.51. The van der Waals surface area contributed by atoms with E-state index in [9.17, 15) is 14.7 Å². The summed E-state index contributed by atoms with van der Waals surface area (Å²) >= 11 is 0. The van der Waals surface area contributed by atoms with E-state index in [1.807, 2.05) is 18.2 Å². The maximum atomic E-state index is 12.4. The molecule has 3 heteroatoms. The summed E-state index contributed by atoms with van der Waals surface area (Å²) in [5.74, 6) is 0.476. The van der Waals surface area contributed by atoms with E-state index >= 15 is 0 Å². The first-order valence-electron chi connectivity index (χ1n) is 7.91. The Bertz CT molecular complexity index is 523. The summed E-state index contributed by atoms with van der Waals surface area (Å²) in [4.78, 5) is 24.0. The summed E-state index contributed by atoms with van der Waals surface area (Å²) in [6.07, 6.45) is 3.38. The summed E-state index contributed by atoms with van der Waals surface area (Å²) < 4.78 is 0. The second kappa shape index (κ2) is 6.10. The molecule has 2 aliphatic carbocycles. The zero-order valence-electron chi connectivity index (χ0n) is 12.2. The van der Waals surface area contributed by atoms with Crippen molar-refractivity contribution in [2.75, 3.05) is 0 Å². The van der Waals surface area contributed by atoms with Gasteiger partial charge in [-0.2, -0.15) is 0 Å². The Labute approximate surface area is 125 Å². The van der Waals surface area contributed by atoms with E-state index in [0.29, 0.717) is 25.7 Å². The molecule has 0 aliphatic heterocycles. The molecule has 0 bridgehead atoms. The van der Waals surface area contributed by atoms with E-state index in [2.05, 4.69) is 12.1 Å². The van der Waals surface area contributed by atoms with Gasteiger partial charge in [0, 0.05) is 25.2 Å². The number of fused-ring (bicyclic) bond motifs is 1. The average Bonchev–Trinajstić information content (AvgIpc) is 2.94. The van der Waals surface area contributed by atoms with E-state index in [1.54, 1.807) is 0 Å². The summed E-state index contributed by atoms with van der Waals surface area (Å²) in [7, 11) is 0. The third kappa shape index (κ3) is 3.08. The van der Waals surface area contributed by atoms with Crippen molar-refractivity contribution in [3.8, 4) is 0 Å². The minimum Gasteiger partial charge on any atom is -0.392 e. The molecule has 1 N–H and O–H groups in total. The molecule has 1 aromatic rings. The van der Waals surface area contributed by atoms with Gasteiger partial charge in [0.1, 0.15) is 11.6 Å². The molecule has 2 saturated carbocycles. The Morgan fingerprint density at radius 3 is 2.71 bits per heavy atom. The first-order chi connectivity index (χ1) is 10.1. The Morgan fingerprint density at radius 2 is 1.95 bits per heavy atom. The topological polar surface area (TPSA) is 54.4 Å². The van der Waals surface area contributed by atoms with Crippen LogP contribution < -0.4 is 0 Å². The highest BCUT2D eigenvalue weighted by Gasteiger charge is 2.50. The molecule has 0 aromatic heterocycles. The molecule has 0 unspecified atom stereocenters. The molecule has 3 rings (SSSR count). The average molecular weight is 286 g/mol. The number of benzene rings is 1. The van der Waals surface area contributed by atoms with Crippen LogP contribution in [0, 0.1) is 17.8 Å². The first kappa shape index (κ1) is 14.5. The number of carbonyl (C=O) groups is 2. The van der Waals surface area contributed by atoms with Gasteiger partial charge in [0.05, 0.1) is 6.10 Å². The maximum Gasteiger partial charge on any atom is 0.138 e. The van der Waals surface area contributed by atoms with Crippen molar-refractivity contribution in [2.24, 2.45) is 17.8 Å². The van der Waals surface area contributed by atoms with Crippen LogP contribution in [0.15, 0.2) is 30.3 Å². The zero-order valence-corrected chi connectivity index (χ0v) is 12.2. The third-order valence-corrected chi connectivity index (χ3v) is 5.08. The molecule has 0 amide bonds. The van der Waals surface area contributed by atoms with E-state index in [1.165, 1.54) is 5.56 Å². The fourth-order valence-corrected chi connectivity index (χ4v) is 4.11. The number of aliphatic hydroxyl groups excluding tert-OH is 1. The monoisotopic (exact) mass is 286 g/mol. The van der Waals surface area contributed by atoms with Gasteiger partial charge >= 0.3 is 0 Å². The smallest absolute Gasteiger partial charge is 0.138 e. The molecule has 0 heterocycles. The van der Waals surface area contributed by atoms with Gasteiger partial charge < -0.3 is 5.11 Å². The predicted octanol–water partition coefficient (Wildman–Crippen LogP) is 2.55. The van der Waals surface area contributed by atoms with Gasteiger partial charge in [-0.05, 0) is 36.7 Å². The van der Waals surface area contributed by atoms with Crippen molar-refractivity contribution in [3.05, 3.63) is 35.9 Å². The molecular weight excluding hydrogens is 264 g/mol. The van der Waals surface area contributed by atoms with Gasteiger partial charge in [0.2, 0.25) is 0 Å². The number of hydrogen-bond acceptors (Lipinski definition) is 3. The molecule has 4 atom stereocenters. The van der Waals surface area contributed by atoms with Crippen molar-refractivity contribution in [3.63, 3.8) is 0 Å². The lowest BCUT2D eigenvalue weighted by Crippen LogP contribution is -2.28. The zero-order chi connectivity index (χ0) is 14.8. The fraction of sp³-hybridized carbons (Fsp3) is 0.556. The Hall–Kier alpha value is -1.48. The standard InChI is InChI=1S/C18H22O3/c19-14-9-13-10-17(21)18(15(13)11-14)16(20)8-4-7-12-5-2-1-3-6-12/h1-3,5-6,13,15,17-18,21H,4,7-11H2/t13-,15-,17+,18-/m0/s1. The number of ketones is 2. The highest BCUT2D eigenvalue weighted by atomic mass is 16.3. The molecule has 2 aliphatic rings. The van der Waals surface area contributed by atoms with Gasteiger partial charge in [-0.15, -0.1) is 0 Å². The Morgan fingerprint density at radius 1 is 1.19 bits per heavy atom. The van der Waals surface area contributed by atoms with Crippen LogP contribution in [0.25, 0.3) is 0 Å². The molecule has 0 radical (unpaired) electrons. The first-order valence-corrected chi connectivity index (χ1v) is 7.91. The number of carbonyl (C=O) groups excluding carboxylic acids is 2. The molecule has 0 saturated heterocycles. The van der Waals surface area contributed by atoms with Crippen molar-refractivity contribution >= 4 is 11.6 Å². The number of Topliss-reactive ketones (excluding diaryl/α,β-unsaturated/α-hetero) is 2. The lowest BCUT2D eigenvalue weighted by molar-refractivity contribution is -0.127. The van der Waals surface area contributed by atoms with Crippen molar-refractivity contribution in [1.82, 2.24) is 0 Å². The normalized spacial score (nSPS) is 31.4. The van der Waals surface area contributed by atoms with E-state index in [-0.39, 0.29) is 29.3 Å². The van der Waals surface area contributed by atoms with E-state index < -0.39 is 6.10 Å². The van der Waals surface area contributed by atoms with E-state index in [4.69, 9.17) is 0 Å². The molecule has 1 aromatic carbocycles. The van der Waals surface area contributed by atoms with Crippen LogP contribution in [0.5, 0.6) is 0 Å². The summed E-state index contributed by atoms with van der Waals surface area (Å²) in [6, 6.07) is 10.1. The summed E-state index contributed by atoms with van der Waals surface area (Å²) in [5.41, 5.74) is 1.24. The minimum absolute atomic E-state index is 0.108. The van der Waals surface area contributed by atoms with Crippen LogP contribution in [0.1, 0.15) is 37.7 Å². The SMILES string of the molecule is O=C1C[C@H]2C[C@@H](O)[C@H](C(=O)CCCc3ccccc3)[C@H]2C1. The van der Waals surface area contributed by atoms with Gasteiger partial charge in [-0.25, -0.2) is 0 Å². The maximum absolute atomic E-state index is 12.4. The number of rotatable bonds is 5. The number of aryl methyl sites for hydroxylation is 1. The van der Waals surface area contributed by atoms with Crippen LogP contribution in [0.2, 0.25) is 0 Å². The number of hydrogen-bond donors (Lipinski definition) is 1. The van der Waals surface area contributed by atoms with Gasteiger partial charge in [-0.1, -0.05) is 30.3 Å². The highest BCUT2D eigenvalue weighted by Crippen LogP contribution is 2.47. The second-order valence-corrected chi connectivity index (χ2v) is 6.51. The molecule has 0 spiro atoms. The van der Waals surface area contributed by atoms with Crippen molar-refractivity contribution < 1.29 is 14.7 Å². The van der Waals surface area contributed by atoms with Crippen LogP contribution in [0.3, 0.4) is 0 Å². The molecular formula is C18H22O3. The fourth-order valence-electron chi connectivity index (χ4n) is 4.11. The largest absolute Gasteiger partial charge is 0.392 e. The lowest BCUT2D eigenvalue weighted by Gasteiger charge is -2.19. The quantitative estimate of drug-likeness (QED) is 0.905. The van der Waals surface area contributed by atoms with Crippen LogP contribution >= 0.6 is 0 Å².